The molecule has 2 aromatic heterocycles. The molecule has 3 rings (SSSR count). The number of hydrogen-bond donors (Lipinski definition) is 1. The zero-order valence-corrected chi connectivity index (χ0v) is 16.6. The Balaban J connectivity index is 1.58. The minimum Gasteiger partial charge on any atom is -0.496 e. The summed E-state index contributed by atoms with van der Waals surface area (Å²) in [6.45, 7) is 0.434. The first-order valence-electron chi connectivity index (χ1n) is 8.61. The van der Waals surface area contributed by atoms with Gasteiger partial charge in [0, 0.05) is 37.1 Å². The van der Waals surface area contributed by atoms with Crippen molar-refractivity contribution in [1.29, 1.82) is 0 Å². The molecule has 0 aliphatic carbocycles. The van der Waals surface area contributed by atoms with E-state index in [9.17, 15) is 4.79 Å². The average Bonchev–Trinajstić information content (AvgIpc) is 2.71. The van der Waals surface area contributed by atoms with Crippen molar-refractivity contribution in [3.63, 3.8) is 0 Å². The number of nitrogens with zero attached hydrogens (tertiary/aromatic N) is 2. The first-order valence-corrected chi connectivity index (χ1v) is 9.40. The van der Waals surface area contributed by atoms with Gasteiger partial charge in [0.05, 0.1) is 17.3 Å². The van der Waals surface area contributed by atoms with Crippen LogP contribution in [0.15, 0.2) is 65.5 Å². The van der Waals surface area contributed by atoms with E-state index in [1.165, 1.54) is 0 Å². The highest BCUT2D eigenvalue weighted by Gasteiger charge is 2.09. The fourth-order valence-corrected chi connectivity index (χ4v) is 3.34. The van der Waals surface area contributed by atoms with Gasteiger partial charge in [-0.2, -0.15) is 0 Å². The molecule has 0 saturated carbocycles. The predicted molar refractivity (Wildman–Crippen MR) is 108 cm³/mol. The van der Waals surface area contributed by atoms with E-state index in [0.29, 0.717) is 19.4 Å². The van der Waals surface area contributed by atoms with Crippen molar-refractivity contribution in [2.24, 2.45) is 0 Å². The minimum absolute atomic E-state index is 0.00271. The van der Waals surface area contributed by atoms with Crippen LogP contribution in [0.5, 0.6) is 5.75 Å². The Morgan fingerprint density at radius 2 is 2.04 bits per heavy atom. The predicted octanol–water partition coefficient (Wildman–Crippen LogP) is 4.16. The molecule has 0 atom stereocenters. The largest absolute Gasteiger partial charge is 0.496 e. The van der Waals surface area contributed by atoms with Crippen LogP contribution < -0.4 is 10.1 Å². The van der Waals surface area contributed by atoms with Gasteiger partial charge in [-0.25, -0.2) is 0 Å². The summed E-state index contributed by atoms with van der Waals surface area (Å²) in [4.78, 5) is 20.8. The van der Waals surface area contributed by atoms with Crippen LogP contribution in [0.4, 0.5) is 0 Å². The van der Waals surface area contributed by atoms with Gasteiger partial charge in [-0.3, -0.25) is 14.8 Å². The fraction of sp³-hybridized carbons (Fsp3) is 0.190. The van der Waals surface area contributed by atoms with E-state index in [4.69, 9.17) is 4.74 Å². The number of methoxy groups -OCH3 is 1. The molecule has 3 aromatic rings. The summed E-state index contributed by atoms with van der Waals surface area (Å²) >= 11 is 3.47. The number of pyridine rings is 2. The van der Waals surface area contributed by atoms with Crippen LogP contribution in [-0.4, -0.2) is 23.0 Å². The van der Waals surface area contributed by atoms with Gasteiger partial charge in [-0.15, -0.1) is 0 Å². The Morgan fingerprint density at radius 3 is 2.78 bits per heavy atom. The van der Waals surface area contributed by atoms with E-state index >= 15 is 0 Å². The number of aryl methyl sites for hydroxylation is 1. The lowest BCUT2D eigenvalue weighted by Gasteiger charge is -2.10. The maximum atomic E-state index is 12.3. The third-order valence-electron chi connectivity index (χ3n) is 4.16. The van der Waals surface area contributed by atoms with E-state index in [1.54, 1.807) is 25.7 Å². The lowest BCUT2D eigenvalue weighted by molar-refractivity contribution is -0.121. The van der Waals surface area contributed by atoms with Gasteiger partial charge in [-0.05, 0) is 63.8 Å². The van der Waals surface area contributed by atoms with Crippen LogP contribution >= 0.6 is 15.9 Å². The van der Waals surface area contributed by atoms with E-state index in [-0.39, 0.29) is 5.91 Å². The molecular weight excluding hydrogens is 406 g/mol. The molecule has 0 unspecified atom stereocenters. The summed E-state index contributed by atoms with van der Waals surface area (Å²) in [6, 6.07) is 13.5. The summed E-state index contributed by atoms with van der Waals surface area (Å²) in [5.41, 5.74) is 3.82. The molecule has 0 saturated heterocycles. The lowest BCUT2D eigenvalue weighted by Crippen LogP contribution is -2.23. The van der Waals surface area contributed by atoms with Gasteiger partial charge in [0.1, 0.15) is 5.75 Å². The molecule has 6 heteroatoms. The second-order valence-electron chi connectivity index (χ2n) is 6.00. The molecule has 1 aromatic carbocycles. The van der Waals surface area contributed by atoms with Crippen LogP contribution in [0.1, 0.15) is 17.5 Å². The number of amides is 1. The Hall–Kier alpha value is -2.73. The standard InChI is InChI=1S/C21H20BrN3O2/c1-27-19-8-6-15(12-18(19)22)7-9-20(26)25-14-17-5-3-11-24-21(17)16-4-2-10-23-13-16/h2-6,8,10-13H,7,9,14H2,1H3,(H,25,26). The quantitative estimate of drug-likeness (QED) is 0.616. The number of aromatic nitrogens is 2. The number of benzene rings is 1. The number of nitrogens with one attached hydrogen (secondary N) is 1. The van der Waals surface area contributed by atoms with E-state index in [0.717, 1.165) is 32.6 Å². The number of carbonyl (C=O) groups is 1. The van der Waals surface area contributed by atoms with Crippen LogP contribution in [0.25, 0.3) is 11.3 Å². The minimum atomic E-state index is 0.00271. The highest BCUT2D eigenvalue weighted by Crippen LogP contribution is 2.26. The Labute approximate surface area is 167 Å². The highest BCUT2D eigenvalue weighted by molar-refractivity contribution is 9.10. The zero-order chi connectivity index (χ0) is 19.1. The van der Waals surface area contributed by atoms with Crippen molar-refractivity contribution >= 4 is 21.8 Å². The summed E-state index contributed by atoms with van der Waals surface area (Å²) in [6.07, 6.45) is 6.33. The zero-order valence-electron chi connectivity index (χ0n) is 15.0. The van der Waals surface area contributed by atoms with Gasteiger partial charge < -0.3 is 10.1 Å². The first kappa shape index (κ1) is 19.0. The van der Waals surface area contributed by atoms with Crippen molar-refractivity contribution in [3.05, 3.63) is 76.7 Å². The van der Waals surface area contributed by atoms with Crippen LogP contribution in [0.3, 0.4) is 0 Å². The summed E-state index contributed by atoms with van der Waals surface area (Å²) in [5.74, 6) is 0.783. The van der Waals surface area contributed by atoms with Crippen LogP contribution in [0.2, 0.25) is 0 Å². The van der Waals surface area contributed by atoms with E-state index in [1.807, 2.05) is 42.5 Å². The number of ether oxygens (including phenoxy) is 1. The van der Waals surface area contributed by atoms with Crippen molar-refractivity contribution in [3.8, 4) is 17.0 Å². The maximum absolute atomic E-state index is 12.3. The van der Waals surface area contributed by atoms with Crippen molar-refractivity contribution in [2.45, 2.75) is 19.4 Å². The number of carbonyl (C=O) groups excluding carboxylic acids is 1. The first-order chi connectivity index (χ1) is 13.2. The molecule has 138 valence electrons. The fourth-order valence-electron chi connectivity index (χ4n) is 2.75. The molecule has 1 amide bonds. The van der Waals surface area contributed by atoms with Crippen molar-refractivity contribution in [2.75, 3.05) is 7.11 Å². The van der Waals surface area contributed by atoms with Crippen LogP contribution in [0, 0.1) is 0 Å². The number of rotatable bonds is 7. The highest BCUT2D eigenvalue weighted by atomic mass is 79.9. The normalized spacial score (nSPS) is 10.4. The lowest BCUT2D eigenvalue weighted by atomic mass is 10.1. The monoisotopic (exact) mass is 425 g/mol. The second-order valence-corrected chi connectivity index (χ2v) is 6.85. The molecular formula is C21H20BrN3O2. The molecule has 0 radical (unpaired) electrons. The molecule has 2 heterocycles. The van der Waals surface area contributed by atoms with Crippen molar-refractivity contribution in [1.82, 2.24) is 15.3 Å². The third-order valence-corrected chi connectivity index (χ3v) is 4.78. The molecule has 0 bridgehead atoms. The van der Waals surface area contributed by atoms with Gasteiger partial charge in [0.15, 0.2) is 0 Å². The Bertz CT molecular complexity index is 916. The number of hydrogen-bond acceptors (Lipinski definition) is 4. The molecule has 5 nitrogen and oxygen atoms in total. The van der Waals surface area contributed by atoms with Crippen molar-refractivity contribution < 1.29 is 9.53 Å². The molecule has 1 N–H and O–H groups in total. The molecule has 0 fully saturated rings. The summed E-state index contributed by atoms with van der Waals surface area (Å²) in [5, 5.41) is 2.98. The molecule has 0 aliphatic rings. The maximum Gasteiger partial charge on any atom is 0.220 e. The van der Waals surface area contributed by atoms with Gasteiger partial charge >= 0.3 is 0 Å². The molecule has 0 aliphatic heterocycles. The Morgan fingerprint density at radius 1 is 1.19 bits per heavy atom. The van der Waals surface area contributed by atoms with Crippen LogP contribution in [-0.2, 0) is 17.8 Å². The van der Waals surface area contributed by atoms with Gasteiger partial charge in [-0.1, -0.05) is 12.1 Å². The van der Waals surface area contributed by atoms with Gasteiger partial charge in [0.25, 0.3) is 0 Å². The molecule has 27 heavy (non-hydrogen) atoms. The summed E-state index contributed by atoms with van der Waals surface area (Å²) < 4.78 is 6.11. The smallest absolute Gasteiger partial charge is 0.220 e. The van der Waals surface area contributed by atoms with Gasteiger partial charge in [0.2, 0.25) is 5.91 Å². The summed E-state index contributed by atoms with van der Waals surface area (Å²) in [7, 11) is 1.63. The molecule has 0 spiro atoms. The average molecular weight is 426 g/mol. The Kier molecular flexibility index (Phi) is 6.54. The SMILES string of the molecule is COc1ccc(CCC(=O)NCc2cccnc2-c2cccnc2)cc1Br. The van der Waals surface area contributed by atoms with E-state index < -0.39 is 0 Å². The third kappa shape index (κ3) is 5.14. The number of halogens is 1. The second kappa shape index (κ2) is 9.28. The topological polar surface area (TPSA) is 64.1 Å². The van der Waals surface area contributed by atoms with E-state index in [2.05, 4.69) is 31.2 Å².